The average Bonchev–Trinajstić information content (AvgIpc) is 3.31. The highest BCUT2D eigenvalue weighted by Crippen LogP contribution is 2.47. The minimum atomic E-state index is -5.02. The predicted molar refractivity (Wildman–Crippen MR) is 272 cm³/mol. The zero-order chi connectivity index (χ0) is 49.1. The van der Waals surface area contributed by atoms with E-state index in [0.717, 1.165) is 38.5 Å². The minimum Gasteiger partial charge on any atom is -0.457 e. The van der Waals surface area contributed by atoms with Crippen molar-refractivity contribution in [2.75, 3.05) is 19.8 Å². The zero-order valence-electron chi connectivity index (χ0n) is 43.2. The number of hydrogen-bond donors (Lipinski definition) is 6. The van der Waals surface area contributed by atoms with Crippen LogP contribution in [-0.2, 0) is 27.9 Å². The Morgan fingerprint density at radius 3 is 1.03 bits per heavy atom. The molecule has 0 aromatic rings. The molecule has 1 rings (SSSR count). The van der Waals surface area contributed by atoms with E-state index in [1.54, 1.807) is 0 Å². The Kier molecular flexibility index (Phi) is 43.4. The first kappa shape index (κ1) is 64.4. The molecule has 0 aliphatic heterocycles. The lowest BCUT2D eigenvalue weighted by Gasteiger charge is -2.41. The highest BCUT2D eigenvalue weighted by molar-refractivity contribution is 7.47. The number of aliphatic hydroxyl groups excluding tert-OH is 5. The van der Waals surface area contributed by atoms with E-state index in [1.165, 1.54) is 212 Å². The molecule has 6 N–H and O–H groups in total. The summed E-state index contributed by atoms with van der Waals surface area (Å²) in [4.78, 5) is 23.3. The van der Waals surface area contributed by atoms with Crippen molar-refractivity contribution in [3.05, 3.63) is 0 Å². The molecule has 67 heavy (non-hydrogen) atoms. The largest absolute Gasteiger partial charge is 0.472 e. The molecule has 1 aliphatic rings. The van der Waals surface area contributed by atoms with Crippen molar-refractivity contribution in [3.63, 3.8) is 0 Å². The highest BCUT2D eigenvalue weighted by Gasteiger charge is 2.51. The zero-order valence-corrected chi connectivity index (χ0v) is 44.1. The van der Waals surface area contributed by atoms with Crippen molar-refractivity contribution < 1.29 is 58.3 Å². The van der Waals surface area contributed by atoms with Gasteiger partial charge >= 0.3 is 13.8 Å². The third-order valence-electron chi connectivity index (χ3n) is 13.7. The Hall–Kier alpha value is -0.660. The van der Waals surface area contributed by atoms with Crippen LogP contribution in [0, 0.1) is 0 Å². The van der Waals surface area contributed by atoms with E-state index >= 15 is 0 Å². The second kappa shape index (κ2) is 45.2. The molecule has 0 aromatic heterocycles. The van der Waals surface area contributed by atoms with E-state index in [-0.39, 0.29) is 13.0 Å². The number of phosphoric acid groups is 1. The van der Waals surface area contributed by atoms with Crippen molar-refractivity contribution in [1.29, 1.82) is 0 Å². The van der Waals surface area contributed by atoms with Gasteiger partial charge in [0.25, 0.3) is 0 Å². The standard InChI is InChI=1S/C54H107O12P/c1-3-5-7-9-11-13-15-17-19-21-22-23-24-25-26-27-29-31-33-35-37-39-41-43-48(55)65-47(46-64-67(61,62)66-54-52(59)50(57)49(56)51(58)53(54)60)45-63-44-42-40-38-36-34-32-30-28-20-18-16-14-12-10-8-6-4-2/h47,49-54,56-60H,3-46H2,1-2H3,(H,61,62). The lowest BCUT2D eigenvalue weighted by Crippen LogP contribution is -2.64. The van der Waals surface area contributed by atoms with Gasteiger partial charge in [0.05, 0.1) is 13.2 Å². The lowest BCUT2D eigenvalue weighted by molar-refractivity contribution is -0.220. The van der Waals surface area contributed by atoms with Crippen molar-refractivity contribution in [1.82, 2.24) is 0 Å². The summed E-state index contributed by atoms with van der Waals surface area (Å²) in [5.41, 5.74) is 0. The average molecular weight is 979 g/mol. The molecule has 400 valence electrons. The van der Waals surface area contributed by atoms with Gasteiger partial charge in [0.1, 0.15) is 42.7 Å². The van der Waals surface area contributed by atoms with Gasteiger partial charge < -0.3 is 39.9 Å². The maximum absolute atomic E-state index is 12.9. The van der Waals surface area contributed by atoms with Crippen LogP contribution in [0.25, 0.3) is 0 Å². The van der Waals surface area contributed by atoms with E-state index in [2.05, 4.69) is 13.8 Å². The van der Waals surface area contributed by atoms with E-state index in [1.807, 2.05) is 0 Å². The summed E-state index contributed by atoms with van der Waals surface area (Å²) in [5, 5.41) is 50.4. The maximum Gasteiger partial charge on any atom is 0.472 e. The summed E-state index contributed by atoms with van der Waals surface area (Å²) < 4.78 is 34.4. The summed E-state index contributed by atoms with van der Waals surface area (Å²) in [7, 11) is -5.02. The smallest absolute Gasteiger partial charge is 0.457 e. The molecule has 0 spiro atoms. The molecule has 1 fully saturated rings. The second-order valence-electron chi connectivity index (χ2n) is 20.2. The van der Waals surface area contributed by atoms with Crippen LogP contribution in [0.1, 0.15) is 277 Å². The van der Waals surface area contributed by atoms with Crippen LogP contribution in [0.5, 0.6) is 0 Å². The molecular weight excluding hydrogens is 872 g/mol. The third kappa shape index (κ3) is 36.9. The summed E-state index contributed by atoms with van der Waals surface area (Å²) in [6.07, 6.45) is 38.9. The Balaban J connectivity index is 2.26. The number of esters is 1. The quantitative estimate of drug-likeness (QED) is 0.0192. The van der Waals surface area contributed by atoms with Crippen LogP contribution in [-0.4, -0.2) is 98.9 Å². The van der Waals surface area contributed by atoms with Crippen LogP contribution in [0.15, 0.2) is 0 Å². The Bertz CT molecular complexity index is 1120. The van der Waals surface area contributed by atoms with E-state index < -0.39 is 63.1 Å². The van der Waals surface area contributed by atoms with Crippen molar-refractivity contribution >= 4 is 13.8 Å². The molecule has 6 atom stereocenters. The molecule has 6 unspecified atom stereocenters. The number of hydrogen-bond acceptors (Lipinski definition) is 11. The van der Waals surface area contributed by atoms with Gasteiger partial charge in [0, 0.05) is 13.0 Å². The first-order valence-electron chi connectivity index (χ1n) is 28.4. The molecule has 0 heterocycles. The first-order chi connectivity index (χ1) is 32.5. The van der Waals surface area contributed by atoms with Crippen LogP contribution < -0.4 is 0 Å². The second-order valence-corrected chi connectivity index (χ2v) is 21.6. The Morgan fingerprint density at radius 2 is 0.701 bits per heavy atom. The van der Waals surface area contributed by atoms with Crippen molar-refractivity contribution in [2.24, 2.45) is 0 Å². The van der Waals surface area contributed by atoms with Gasteiger partial charge in [-0.25, -0.2) is 4.57 Å². The predicted octanol–water partition coefficient (Wildman–Crippen LogP) is 13.3. The van der Waals surface area contributed by atoms with Crippen LogP contribution >= 0.6 is 7.82 Å². The number of aliphatic hydroxyl groups is 5. The van der Waals surface area contributed by atoms with Crippen molar-refractivity contribution in [2.45, 2.75) is 320 Å². The van der Waals surface area contributed by atoms with E-state index in [4.69, 9.17) is 18.5 Å². The summed E-state index contributed by atoms with van der Waals surface area (Å²) >= 11 is 0. The van der Waals surface area contributed by atoms with Gasteiger partial charge in [-0.1, -0.05) is 258 Å². The van der Waals surface area contributed by atoms with Gasteiger partial charge in [-0.15, -0.1) is 0 Å². The third-order valence-corrected chi connectivity index (χ3v) is 14.7. The van der Waals surface area contributed by atoms with Crippen molar-refractivity contribution in [3.8, 4) is 0 Å². The van der Waals surface area contributed by atoms with Gasteiger partial charge in [-0.05, 0) is 12.8 Å². The Morgan fingerprint density at radius 1 is 0.418 bits per heavy atom. The minimum absolute atomic E-state index is 0.0672. The molecule has 12 nitrogen and oxygen atoms in total. The topological polar surface area (TPSA) is 192 Å². The number of carbonyl (C=O) groups excluding carboxylic acids is 1. The fourth-order valence-electron chi connectivity index (χ4n) is 9.24. The summed E-state index contributed by atoms with van der Waals surface area (Å²) in [6, 6.07) is 0. The molecule has 1 saturated carbocycles. The number of unbranched alkanes of at least 4 members (excludes halogenated alkanes) is 38. The number of ether oxygens (including phenoxy) is 2. The summed E-state index contributed by atoms with van der Waals surface area (Å²) in [6.45, 7) is 4.34. The molecule has 1 aliphatic carbocycles. The number of rotatable bonds is 50. The molecule has 13 heteroatoms. The molecule has 0 saturated heterocycles. The first-order valence-corrected chi connectivity index (χ1v) is 29.9. The normalized spacial score (nSPS) is 21.1. The van der Waals surface area contributed by atoms with Crippen LogP contribution in [0.3, 0.4) is 0 Å². The molecular formula is C54H107O12P. The van der Waals surface area contributed by atoms with Crippen LogP contribution in [0.2, 0.25) is 0 Å². The van der Waals surface area contributed by atoms with Gasteiger partial charge in [0.2, 0.25) is 0 Å². The fraction of sp³-hybridized carbons (Fsp3) is 0.981. The molecule has 0 aromatic carbocycles. The van der Waals surface area contributed by atoms with Crippen LogP contribution in [0.4, 0.5) is 0 Å². The highest BCUT2D eigenvalue weighted by atomic mass is 31.2. The maximum atomic E-state index is 12.9. The lowest BCUT2D eigenvalue weighted by atomic mass is 9.85. The van der Waals surface area contributed by atoms with Gasteiger partial charge in [-0.2, -0.15) is 0 Å². The molecule has 0 bridgehead atoms. The van der Waals surface area contributed by atoms with Gasteiger partial charge in [0.15, 0.2) is 0 Å². The SMILES string of the molecule is CCCCCCCCCCCCCCCCCCCCCCCCCC(=O)OC(COCCCCCCCCCCCCCCCCCCC)COP(=O)(O)OC1C(O)C(O)C(O)C(O)C1O. The van der Waals surface area contributed by atoms with E-state index in [9.17, 15) is 39.8 Å². The molecule has 0 amide bonds. The van der Waals surface area contributed by atoms with Gasteiger partial charge in [-0.3, -0.25) is 13.8 Å². The number of phosphoric ester groups is 1. The molecule has 0 radical (unpaired) electrons. The summed E-state index contributed by atoms with van der Waals surface area (Å²) in [5.74, 6) is -0.467. The fourth-order valence-corrected chi connectivity index (χ4v) is 10.2. The Labute approximate surface area is 410 Å². The van der Waals surface area contributed by atoms with E-state index in [0.29, 0.717) is 13.0 Å². The number of carbonyl (C=O) groups is 1. The monoisotopic (exact) mass is 979 g/mol.